The molecule has 0 spiro atoms. The average Bonchev–Trinajstić information content (AvgIpc) is 3.05. The van der Waals surface area contributed by atoms with E-state index in [1.54, 1.807) is 6.92 Å². The maximum absolute atomic E-state index is 13.7. The largest absolute Gasteiger partial charge is 0.389 e. The molecule has 3 N–H and O–H groups in total. The highest BCUT2D eigenvalue weighted by molar-refractivity contribution is 7.92. The van der Waals surface area contributed by atoms with E-state index in [1.165, 1.54) is 31.4 Å². The first-order valence-electron chi connectivity index (χ1n) is 12.7. The van der Waals surface area contributed by atoms with Gasteiger partial charge in [0.05, 0.1) is 33.3 Å². The molecule has 8 nitrogen and oxygen atoms in total. The number of nitrogens with one attached hydrogen (secondary N) is 2. The minimum atomic E-state index is -4.01. The molecule has 0 aromatic heterocycles. The number of carbonyl (C=O) groups is 2. The zero-order valence-corrected chi connectivity index (χ0v) is 23.1. The predicted octanol–water partition coefficient (Wildman–Crippen LogP) is 4.11. The highest BCUT2D eigenvalue weighted by Crippen LogP contribution is 2.53. The van der Waals surface area contributed by atoms with Gasteiger partial charge in [0.25, 0.3) is 5.91 Å². The topological polar surface area (TPSA) is 122 Å². The molecule has 1 unspecified atom stereocenters. The summed E-state index contributed by atoms with van der Waals surface area (Å²) in [5.74, 6) is -4.02. The molecular formula is C27H31ClF2N2O6S. The van der Waals surface area contributed by atoms with Crippen molar-refractivity contribution >= 4 is 38.9 Å². The maximum Gasteiger partial charge on any atom is 0.255 e. The summed E-state index contributed by atoms with van der Waals surface area (Å²) >= 11 is 6.27. The fourth-order valence-corrected chi connectivity index (χ4v) is 8.03. The van der Waals surface area contributed by atoms with Gasteiger partial charge >= 0.3 is 0 Å². The second-order valence-corrected chi connectivity index (χ2v) is 13.0. The van der Waals surface area contributed by atoms with Crippen LogP contribution in [0.15, 0.2) is 41.3 Å². The Kier molecular flexibility index (Phi) is 8.65. The third-order valence-electron chi connectivity index (χ3n) is 7.92. The molecule has 0 aliphatic heterocycles. The molecule has 2 saturated carbocycles. The Bertz CT molecular complexity index is 1360. The molecule has 0 heterocycles. The zero-order chi connectivity index (χ0) is 28.5. The molecular weight excluding hydrogens is 554 g/mol. The zero-order valence-electron chi connectivity index (χ0n) is 21.5. The summed E-state index contributed by atoms with van der Waals surface area (Å²) in [6.07, 6.45) is 1.20. The number of sulfone groups is 1. The van der Waals surface area contributed by atoms with Crippen molar-refractivity contribution < 1.29 is 36.6 Å². The minimum Gasteiger partial charge on any atom is -0.389 e. The van der Waals surface area contributed by atoms with Gasteiger partial charge in [-0.15, -0.1) is 0 Å². The summed E-state index contributed by atoms with van der Waals surface area (Å²) in [5.41, 5.74) is -1.33. The van der Waals surface area contributed by atoms with E-state index in [2.05, 4.69) is 10.6 Å². The van der Waals surface area contributed by atoms with Crippen molar-refractivity contribution in [3.63, 3.8) is 0 Å². The van der Waals surface area contributed by atoms with Crippen LogP contribution in [0.2, 0.25) is 5.02 Å². The first kappa shape index (κ1) is 29.4. The number of amides is 2. The predicted molar refractivity (Wildman–Crippen MR) is 141 cm³/mol. The van der Waals surface area contributed by atoms with E-state index < -0.39 is 38.2 Å². The van der Waals surface area contributed by atoms with Crippen molar-refractivity contribution in [1.82, 2.24) is 5.32 Å². The molecule has 2 fully saturated rings. The van der Waals surface area contributed by atoms with Crippen molar-refractivity contribution in [2.45, 2.75) is 60.9 Å². The molecule has 0 radical (unpaired) electrons. The smallest absolute Gasteiger partial charge is 0.255 e. The van der Waals surface area contributed by atoms with Crippen LogP contribution in [-0.4, -0.2) is 55.9 Å². The van der Waals surface area contributed by atoms with Crippen LogP contribution in [0.1, 0.15) is 49.4 Å². The van der Waals surface area contributed by atoms with E-state index in [1.807, 2.05) is 0 Å². The Balaban J connectivity index is 1.50. The number of carbonyl (C=O) groups excluding carboxylic acids is 2. The molecule has 212 valence electrons. The number of rotatable bonds is 9. The first-order chi connectivity index (χ1) is 18.3. The third-order valence-corrected chi connectivity index (χ3v) is 10.6. The highest BCUT2D eigenvalue weighted by Gasteiger charge is 2.56. The summed E-state index contributed by atoms with van der Waals surface area (Å²) < 4.78 is 59.3. The number of halogens is 3. The quantitative estimate of drug-likeness (QED) is 0.408. The Morgan fingerprint density at radius 2 is 1.79 bits per heavy atom. The lowest BCUT2D eigenvalue weighted by molar-refractivity contribution is -0.133. The van der Waals surface area contributed by atoms with Gasteiger partial charge in [-0.25, -0.2) is 17.2 Å². The first-order valence-corrected chi connectivity index (χ1v) is 14.6. The van der Waals surface area contributed by atoms with Gasteiger partial charge in [-0.3, -0.25) is 9.59 Å². The maximum atomic E-state index is 13.7. The Labute approximate surface area is 231 Å². The lowest BCUT2D eigenvalue weighted by atomic mass is 9.72. The molecule has 2 aromatic carbocycles. The summed E-state index contributed by atoms with van der Waals surface area (Å²) in [7, 11) is -2.48. The highest BCUT2D eigenvalue weighted by atomic mass is 35.5. The SMILES string of the molecule is CO[C@@H](C)CNC(=O)C[C@]1(O)C2CC[C@@H]1C[C@@H](S(=O)(=O)c1cc(C(=O)Nc3ccc(F)c(F)c3)ccc1Cl)C2. The van der Waals surface area contributed by atoms with Crippen LogP contribution in [0.5, 0.6) is 0 Å². The lowest BCUT2D eigenvalue weighted by Gasteiger charge is -2.42. The number of hydrogen-bond donors (Lipinski definition) is 3. The van der Waals surface area contributed by atoms with Gasteiger partial charge in [-0.2, -0.15) is 0 Å². The van der Waals surface area contributed by atoms with Crippen molar-refractivity contribution in [2.75, 3.05) is 19.0 Å². The van der Waals surface area contributed by atoms with Gasteiger partial charge in [-0.05, 0) is 74.8 Å². The molecule has 0 saturated heterocycles. The molecule has 4 rings (SSSR count). The van der Waals surface area contributed by atoms with Gasteiger partial charge in [0.1, 0.15) is 0 Å². The third kappa shape index (κ3) is 6.11. The van der Waals surface area contributed by atoms with Gasteiger partial charge in [-0.1, -0.05) is 11.6 Å². The number of fused-ring (bicyclic) bond motifs is 2. The second-order valence-electron chi connectivity index (χ2n) is 10.4. The summed E-state index contributed by atoms with van der Waals surface area (Å²) in [4.78, 5) is 25.1. The van der Waals surface area contributed by atoms with Crippen LogP contribution in [-0.2, 0) is 19.4 Å². The van der Waals surface area contributed by atoms with Crippen molar-refractivity contribution in [3.8, 4) is 0 Å². The van der Waals surface area contributed by atoms with Gasteiger partial charge < -0.3 is 20.5 Å². The Morgan fingerprint density at radius 1 is 1.13 bits per heavy atom. The fraction of sp³-hybridized carbons (Fsp3) is 0.481. The molecule has 2 aliphatic carbocycles. The molecule has 2 aliphatic rings. The standard InChI is InChI=1S/C27H31ClF2N2O6S/c1-15(38-2)14-31-25(33)13-27(35)17-4-5-18(27)11-20(10-17)39(36,37)24-9-16(3-7-21(24)28)26(34)32-19-6-8-22(29)23(30)12-19/h3,6-9,12,15,17-18,20,35H,4-5,10-11,13-14H2,1-2H3,(H,31,33)(H,32,34)/t15-,17+,18?,20+,27+/m0/s1. The number of ether oxygens (including phenoxy) is 1. The van der Waals surface area contributed by atoms with E-state index in [4.69, 9.17) is 16.3 Å². The summed E-state index contributed by atoms with van der Waals surface area (Å²) in [6, 6.07) is 6.67. The lowest BCUT2D eigenvalue weighted by Crippen LogP contribution is -2.51. The number of methoxy groups -OCH3 is 1. The van der Waals surface area contributed by atoms with E-state index in [0.717, 1.165) is 12.1 Å². The molecule has 2 amide bonds. The van der Waals surface area contributed by atoms with E-state index >= 15 is 0 Å². The number of anilines is 1. The molecule has 2 bridgehead atoms. The summed E-state index contributed by atoms with van der Waals surface area (Å²) in [6.45, 7) is 2.11. The van der Waals surface area contributed by atoms with E-state index in [-0.39, 0.29) is 64.3 Å². The van der Waals surface area contributed by atoms with Crippen LogP contribution in [0.4, 0.5) is 14.5 Å². The van der Waals surface area contributed by atoms with Crippen molar-refractivity contribution in [2.24, 2.45) is 11.8 Å². The Hall–Kier alpha value is -2.60. The molecule has 12 heteroatoms. The van der Waals surface area contributed by atoms with Crippen LogP contribution >= 0.6 is 11.6 Å². The van der Waals surface area contributed by atoms with E-state index in [9.17, 15) is 31.9 Å². The van der Waals surface area contributed by atoms with Crippen LogP contribution < -0.4 is 10.6 Å². The van der Waals surface area contributed by atoms with Crippen LogP contribution in [0, 0.1) is 23.5 Å². The van der Waals surface area contributed by atoms with Crippen LogP contribution in [0.25, 0.3) is 0 Å². The van der Waals surface area contributed by atoms with Crippen molar-refractivity contribution in [3.05, 3.63) is 58.6 Å². The second kappa shape index (κ2) is 11.5. The number of hydrogen-bond acceptors (Lipinski definition) is 6. The molecule has 5 atom stereocenters. The normalized spacial score (nSPS) is 25.2. The van der Waals surface area contributed by atoms with Gasteiger partial charge in [0, 0.05) is 31.0 Å². The van der Waals surface area contributed by atoms with Crippen LogP contribution in [0.3, 0.4) is 0 Å². The van der Waals surface area contributed by atoms with Gasteiger partial charge in [0.2, 0.25) is 5.91 Å². The minimum absolute atomic E-state index is 0.00196. The van der Waals surface area contributed by atoms with Gasteiger partial charge in [0.15, 0.2) is 21.5 Å². The Morgan fingerprint density at radius 3 is 2.41 bits per heavy atom. The fourth-order valence-electron chi connectivity index (χ4n) is 5.63. The van der Waals surface area contributed by atoms with Crippen molar-refractivity contribution in [1.29, 1.82) is 0 Å². The number of benzene rings is 2. The summed E-state index contributed by atoms with van der Waals surface area (Å²) in [5, 5.41) is 15.7. The van der Waals surface area contributed by atoms with E-state index in [0.29, 0.717) is 19.4 Å². The molecule has 2 aromatic rings. The monoisotopic (exact) mass is 584 g/mol. The average molecular weight is 585 g/mol. The molecule has 39 heavy (non-hydrogen) atoms. The number of aliphatic hydroxyl groups is 1.